The largest absolute Gasteiger partial charge is 0.396 e. The van der Waals surface area contributed by atoms with Crippen LogP contribution in [-0.2, 0) is 22.5 Å². The molecule has 0 bridgehead atoms. The van der Waals surface area contributed by atoms with E-state index in [0.29, 0.717) is 13.0 Å². The molecule has 140 valence electrons. The highest BCUT2D eigenvalue weighted by atomic mass is 32.1. The predicted octanol–water partition coefficient (Wildman–Crippen LogP) is 1.68. The third-order valence-corrected chi connectivity index (χ3v) is 5.20. The van der Waals surface area contributed by atoms with Crippen molar-refractivity contribution >= 4 is 17.2 Å². The van der Waals surface area contributed by atoms with E-state index in [0.717, 1.165) is 49.1 Å². The zero-order valence-corrected chi connectivity index (χ0v) is 15.6. The standard InChI is InChI=1S/C19H25N3O3S/c23-9-1-6-20-18(24)12-17-14-26-19(21-17)16-4-2-15(3-5-16)13-22-7-10-25-11-8-22/h2-5,14,23H,1,6-13H2,(H,20,24). The topological polar surface area (TPSA) is 74.7 Å². The molecular formula is C19H25N3O3S. The Bertz CT molecular complexity index is 696. The van der Waals surface area contributed by atoms with Crippen LogP contribution in [0.25, 0.3) is 10.6 Å². The summed E-state index contributed by atoms with van der Waals surface area (Å²) in [7, 11) is 0. The molecule has 6 nitrogen and oxygen atoms in total. The van der Waals surface area contributed by atoms with Gasteiger partial charge in [-0.3, -0.25) is 9.69 Å². The van der Waals surface area contributed by atoms with Gasteiger partial charge in [-0.1, -0.05) is 24.3 Å². The first-order valence-electron chi connectivity index (χ1n) is 8.96. The highest BCUT2D eigenvalue weighted by Gasteiger charge is 2.12. The van der Waals surface area contributed by atoms with Crippen LogP contribution in [0.15, 0.2) is 29.6 Å². The number of hydrogen-bond donors (Lipinski definition) is 2. The average molecular weight is 375 g/mol. The molecule has 1 saturated heterocycles. The van der Waals surface area contributed by atoms with Gasteiger partial charge in [0.05, 0.1) is 25.3 Å². The Morgan fingerprint density at radius 1 is 1.27 bits per heavy atom. The van der Waals surface area contributed by atoms with Crippen molar-refractivity contribution in [3.8, 4) is 10.6 Å². The van der Waals surface area contributed by atoms with Gasteiger partial charge in [-0.2, -0.15) is 0 Å². The number of carbonyl (C=O) groups excluding carboxylic acids is 1. The highest BCUT2D eigenvalue weighted by Crippen LogP contribution is 2.24. The summed E-state index contributed by atoms with van der Waals surface area (Å²) in [4.78, 5) is 18.8. The summed E-state index contributed by atoms with van der Waals surface area (Å²) in [5.74, 6) is -0.0591. The van der Waals surface area contributed by atoms with E-state index in [9.17, 15) is 4.79 Å². The van der Waals surface area contributed by atoms with Crippen LogP contribution in [0.3, 0.4) is 0 Å². The molecule has 26 heavy (non-hydrogen) atoms. The van der Waals surface area contributed by atoms with E-state index in [-0.39, 0.29) is 18.9 Å². The molecule has 0 unspecified atom stereocenters. The summed E-state index contributed by atoms with van der Waals surface area (Å²) in [6.07, 6.45) is 0.849. The molecular weight excluding hydrogens is 350 g/mol. The van der Waals surface area contributed by atoms with Crippen molar-refractivity contribution < 1.29 is 14.6 Å². The second kappa shape index (κ2) is 9.78. The van der Waals surface area contributed by atoms with Crippen LogP contribution in [0.4, 0.5) is 0 Å². The molecule has 1 aromatic carbocycles. The molecule has 1 aliphatic heterocycles. The van der Waals surface area contributed by atoms with Crippen LogP contribution in [0, 0.1) is 0 Å². The number of amides is 1. The highest BCUT2D eigenvalue weighted by molar-refractivity contribution is 7.13. The van der Waals surface area contributed by atoms with Crippen LogP contribution in [0.5, 0.6) is 0 Å². The van der Waals surface area contributed by atoms with Gasteiger partial charge in [0.2, 0.25) is 5.91 Å². The number of aliphatic hydroxyl groups excluding tert-OH is 1. The first-order chi connectivity index (χ1) is 12.7. The van der Waals surface area contributed by atoms with Gasteiger partial charge in [-0.05, 0) is 12.0 Å². The van der Waals surface area contributed by atoms with Gasteiger partial charge in [0, 0.05) is 43.7 Å². The fourth-order valence-electron chi connectivity index (χ4n) is 2.82. The summed E-state index contributed by atoms with van der Waals surface area (Å²) in [5, 5.41) is 14.4. The number of benzene rings is 1. The van der Waals surface area contributed by atoms with Crippen molar-refractivity contribution in [2.45, 2.75) is 19.4 Å². The number of rotatable bonds is 8. The quantitative estimate of drug-likeness (QED) is 0.687. The van der Waals surface area contributed by atoms with Crippen LogP contribution < -0.4 is 5.32 Å². The molecule has 1 aromatic heterocycles. The van der Waals surface area contributed by atoms with E-state index in [1.165, 1.54) is 5.56 Å². The van der Waals surface area contributed by atoms with Crippen LogP contribution >= 0.6 is 11.3 Å². The van der Waals surface area contributed by atoms with E-state index in [1.54, 1.807) is 11.3 Å². The van der Waals surface area contributed by atoms with Crippen molar-refractivity contribution in [2.24, 2.45) is 0 Å². The monoisotopic (exact) mass is 375 g/mol. The van der Waals surface area contributed by atoms with Gasteiger partial charge >= 0.3 is 0 Å². The van der Waals surface area contributed by atoms with Crippen molar-refractivity contribution in [3.05, 3.63) is 40.9 Å². The first-order valence-corrected chi connectivity index (χ1v) is 9.84. The molecule has 0 aliphatic carbocycles. The zero-order chi connectivity index (χ0) is 18.2. The van der Waals surface area contributed by atoms with E-state index < -0.39 is 0 Å². The van der Waals surface area contributed by atoms with Gasteiger partial charge in [0.25, 0.3) is 0 Å². The first kappa shape index (κ1) is 19.0. The lowest BCUT2D eigenvalue weighted by Crippen LogP contribution is -2.35. The molecule has 7 heteroatoms. The second-order valence-corrected chi connectivity index (χ2v) is 7.19. The predicted molar refractivity (Wildman–Crippen MR) is 102 cm³/mol. The van der Waals surface area contributed by atoms with Crippen molar-refractivity contribution in [2.75, 3.05) is 39.5 Å². The minimum atomic E-state index is -0.0591. The average Bonchev–Trinajstić information content (AvgIpc) is 3.12. The number of ether oxygens (including phenoxy) is 1. The van der Waals surface area contributed by atoms with Crippen LogP contribution in [0.1, 0.15) is 17.7 Å². The number of nitrogens with zero attached hydrogens (tertiary/aromatic N) is 2. The maximum Gasteiger partial charge on any atom is 0.226 e. The summed E-state index contributed by atoms with van der Waals surface area (Å²) >= 11 is 1.56. The minimum Gasteiger partial charge on any atom is -0.396 e. The fraction of sp³-hybridized carbons (Fsp3) is 0.474. The maximum atomic E-state index is 11.8. The van der Waals surface area contributed by atoms with Gasteiger partial charge in [0.15, 0.2) is 0 Å². The van der Waals surface area contributed by atoms with Crippen molar-refractivity contribution in [1.82, 2.24) is 15.2 Å². The number of morpholine rings is 1. The van der Waals surface area contributed by atoms with Gasteiger partial charge in [0.1, 0.15) is 5.01 Å². The lowest BCUT2D eigenvalue weighted by molar-refractivity contribution is -0.120. The van der Waals surface area contributed by atoms with E-state index in [2.05, 4.69) is 39.5 Å². The fourth-order valence-corrected chi connectivity index (χ4v) is 3.65. The molecule has 1 fully saturated rings. The van der Waals surface area contributed by atoms with E-state index >= 15 is 0 Å². The maximum absolute atomic E-state index is 11.8. The van der Waals surface area contributed by atoms with Gasteiger partial charge in [-0.15, -0.1) is 11.3 Å². The molecule has 3 rings (SSSR count). The number of hydrogen-bond acceptors (Lipinski definition) is 6. The lowest BCUT2D eigenvalue weighted by atomic mass is 10.1. The van der Waals surface area contributed by atoms with Crippen molar-refractivity contribution in [3.63, 3.8) is 0 Å². The third kappa shape index (κ3) is 5.60. The normalized spacial score (nSPS) is 15.1. The van der Waals surface area contributed by atoms with E-state index in [4.69, 9.17) is 9.84 Å². The molecule has 2 heterocycles. The third-order valence-electron chi connectivity index (χ3n) is 4.26. The molecule has 1 aliphatic rings. The van der Waals surface area contributed by atoms with Crippen LogP contribution in [0.2, 0.25) is 0 Å². The minimum absolute atomic E-state index is 0.0591. The summed E-state index contributed by atoms with van der Waals surface area (Å²) in [6.45, 7) is 5.12. The molecule has 0 radical (unpaired) electrons. The Morgan fingerprint density at radius 3 is 2.77 bits per heavy atom. The Kier molecular flexibility index (Phi) is 7.13. The second-order valence-electron chi connectivity index (χ2n) is 6.33. The number of carbonyl (C=O) groups is 1. The molecule has 2 aromatic rings. The molecule has 0 spiro atoms. The molecule has 0 saturated carbocycles. The number of aliphatic hydroxyl groups is 1. The van der Waals surface area contributed by atoms with E-state index in [1.807, 2.05) is 5.38 Å². The Hall–Kier alpha value is -1.80. The molecule has 2 N–H and O–H groups in total. The Labute approximate surface area is 157 Å². The Morgan fingerprint density at radius 2 is 2.04 bits per heavy atom. The Balaban J connectivity index is 1.54. The lowest BCUT2D eigenvalue weighted by Gasteiger charge is -2.26. The number of thiazole rings is 1. The number of aromatic nitrogens is 1. The van der Waals surface area contributed by atoms with Crippen LogP contribution in [-0.4, -0.2) is 60.4 Å². The van der Waals surface area contributed by atoms with Crippen molar-refractivity contribution in [1.29, 1.82) is 0 Å². The smallest absolute Gasteiger partial charge is 0.226 e. The zero-order valence-electron chi connectivity index (χ0n) is 14.8. The molecule has 1 amide bonds. The SMILES string of the molecule is O=C(Cc1csc(-c2ccc(CN3CCOCC3)cc2)n1)NCCCO. The summed E-state index contributed by atoms with van der Waals surface area (Å²) in [6, 6.07) is 8.49. The summed E-state index contributed by atoms with van der Waals surface area (Å²) in [5.41, 5.74) is 3.15. The summed E-state index contributed by atoms with van der Waals surface area (Å²) < 4.78 is 5.38. The van der Waals surface area contributed by atoms with Gasteiger partial charge in [-0.25, -0.2) is 4.98 Å². The number of nitrogens with one attached hydrogen (secondary N) is 1. The van der Waals surface area contributed by atoms with Gasteiger partial charge < -0.3 is 15.2 Å². The molecule has 0 atom stereocenters.